The average molecular weight is 307 g/mol. The number of fused-ring (bicyclic) bond motifs is 1. The van der Waals surface area contributed by atoms with Crippen molar-refractivity contribution in [2.24, 2.45) is 0 Å². The van der Waals surface area contributed by atoms with Crippen molar-refractivity contribution in [1.29, 1.82) is 0 Å². The van der Waals surface area contributed by atoms with Gasteiger partial charge in [0, 0.05) is 28.9 Å². The molecule has 3 rings (SSSR count). The quantitative estimate of drug-likeness (QED) is 0.786. The van der Waals surface area contributed by atoms with Gasteiger partial charge in [0.15, 0.2) is 3.92 Å². The second-order valence-electron chi connectivity index (χ2n) is 3.39. The number of anilines is 2. The average Bonchev–Trinajstić information content (AvgIpc) is 2.75. The second-order valence-corrected chi connectivity index (χ2v) is 5.64. The molecular formula is C11H7BrN4S. The molecule has 4 nitrogen and oxygen atoms in total. The first-order valence-electron chi connectivity index (χ1n) is 4.92. The smallest absolute Gasteiger partial charge is 0.210 e. The Kier molecular flexibility index (Phi) is 2.74. The Morgan fingerprint density at radius 3 is 2.94 bits per heavy atom. The van der Waals surface area contributed by atoms with Crippen LogP contribution in [0.3, 0.4) is 0 Å². The van der Waals surface area contributed by atoms with Gasteiger partial charge in [-0.3, -0.25) is 4.98 Å². The van der Waals surface area contributed by atoms with E-state index in [4.69, 9.17) is 0 Å². The number of nitrogens with one attached hydrogen (secondary N) is 1. The minimum atomic E-state index is 0.765. The lowest BCUT2D eigenvalue weighted by Gasteiger charge is -2.05. The lowest BCUT2D eigenvalue weighted by atomic mass is 10.1. The van der Waals surface area contributed by atoms with Crippen LogP contribution < -0.4 is 5.32 Å². The van der Waals surface area contributed by atoms with Crippen molar-refractivity contribution < 1.29 is 0 Å². The Bertz CT molecular complexity index is 662. The predicted octanol–water partition coefficient (Wildman–Crippen LogP) is 3.59. The monoisotopic (exact) mass is 306 g/mol. The lowest BCUT2D eigenvalue weighted by Crippen LogP contribution is -1.90. The summed E-state index contributed by atoms with van der Waals surface area (Å²) in [6.07, 6.45) is 3.63. The highest BCUT2D eigenvalue weighted by molar-refractivity contribution is 9.11. The van der Waals surface area contributed by atoms with E-state index in [9.17, 15) is 0 Å². The van der Waals surface area contributed by atoms with Crippen LogP contribution in [-0.4, -0.2) is 15.2 Å². The zero-order valence-electron chi connectivity index (χ0n) is 8.59. The van der Waals surface area contributed by atoms with Gasteiger partial charge in [0.1, 0.15) is 0 Å². The van der Waals surface area contributed by atoms with Crippen molar-refractivity contribution in [1.82, 2.24) is 15.2 Å². The molecule has 0 aliphatic rings. The summed E-state index contributed by atoms with van der Waals surface area (Å²) in [5.41, 5.74) is 1.01. The Morgan fingerprint density at radius 2 is 2.12 bits per heavy atom. The maximum absolute atomic E-state index is 4.10. The third-order valence-electron chi connectivity index (χ3n) is 2.32. The zero-order chi connectivity index (χ0) is 11.7. The summed E-state index contributed by atoms with van der Waals surface area (Å²) in [6.45, 7) is 0. The van der Waals surface area contributed by atoms with E-state index in [1.165, 1.54) is 11.3 Å². The van der Waals surface area contributed by atoms with Gasteiger partial charge in [0.05, 0.1) is 0 Å². The van der Waals surface area contributed by atoms with E-state index in [-0.39, 0.29) is 0 Å². The first kappa shape index (κ1) is 10.6. The Hall–Kier alpha value is -1.53. The Morgan fingerprint density at radius 1 is 1.18 bits per heavy atom. The van der Waals surface area contributed by atoms with Gasteiger partial charge in [0.2, 0.25) is 5.13 Å². The van der Waals surface area contributed by atoms with Gasteiger partial charge >= 0.3 is 0 Å². The van der Waals surface area contributed by atoms with Gasteiger partial charge < -0.3 is 5.32 Å². The van der Waals surface area contributed by atoms with Crippen LogP contribution in [0.15, 0.2) is 40.6 Å². The molecule has 0 bridgehead atoms. The third kappa shape index (κ3) is 2.13. The number of pyridine rings is 1. The summed E-state index contributed by atoms with van der Waals surface area (Å²) < 4.78 is 0.766. The largest absolute Gasteiger partial charge is 0.330 e. The first-order valence-corrected chi connectivity index (χ1v) is 6.53. The standard InChI is InChI=1S/C11H7BrN4S/c12-10-15-16-11(17-10)14-9-3-1-2-7-6-13-5-4-8(7)9/h1-6H,(H,14,16). The van der Waals surface area contributed by atoms with Gasteiger partial charge in [-0.25, -0.2) is 0 Å². The van der Waals surface area contributed by atoms with Crippen molar-refractivity contribution in [3.05, 3.63) is 40.6 Å². The Labute approximate surface area is 110 Å². The molecule has 0 aliphatic heterocycles. The summed E-state index contributed by atoms with van der Waals surface area (Å²) in [6, 6.07) is 8.01. The highest BCUT2D eigenvalue weighted by atomic mass is 79.9. The molecule has 6 heteroatoms. The zero-order valence-corrected chi connectivity index (χ0v) is 11.0. The molecule has 0 radical (unpaired) electrons. The third-order valence-corrected chi connectivity index (χ3v) is 3.59. The van der Waals surface area contributed by atoms with Crippen LogP contribution in [0.1, 0.15) is 0 Å². The number of rotatable bonds is 2. The first-order chi connectivity index (χ1) is 8.33. The second kappa shape index (κ2) is 4.38. The summed E-state index contributed by atoms with van der Waals surface area (Å²) >= 11 is 4.75. The van der Waals surface area contributed by atoms with E-state index >= 15 is 0 Å². The van der Waals surface area contributed by atoms with Gasteiger partial charge in [-0.1, -0.05) is 23.5 Å². The van der Waals surface area contributed by atoms with Crippen molar-refractivity contribution in [2.45, 2.75) is 0 Å². The van der Waals surface area contributed by atoms with Gasteiger partial charge in [0.25, 0.3) is 0 Å². The summed E-state index contributed by atoms with van der Waals surface area (Å²) in [7, 11) is 0. The van der Waals surface area contributed by atoms with Crippen LogP contribution in [0.2, 0.25) is 0 Å². The molecule has 0 aliphatic carbocycles. The van der Waals surface area contributed by atoms with Crippen LogP contribution in [0.5, 0.6) is 0 Å². The molecule has 0 atom stereocenters. The van der Waals surface area contributed by atoms with E-state index in [0.29, 0.717) is 0 Å². The number of hydrogen-bond donors (Lipinski definition) is 1. The van der Waals surface area contributed by atoms with Crippen LogP contribution in [0.4, 0.5) is 10.8 Å². The molecule has 2 heterocycles. The molecule has 0 saturated carbocycles. The molecule has 84 valence electrons. The molecule has 2 aromatic heterocycles. The van der Waals surface area contributed by atoms with E-state index in [1.807, 2.05) is 30.5 Å². The molecule has 1 aromatic carbocycles. The topological polar surface area (TPSA) is 50.7 Å². The fourth-order valence-electron chi connectivity index (χ4n) is 1.60. The minimum Gasteiger partial charge on any atom is -0.330 e. The van der Waals surface area contributed by atoms with Crippen LogP contribution >= 0.6 is 27.3 Å². The minimum absolute atomic E-state index is 0.765. The summed E-state index contributed by atoms with van der Waals surface area (Å²) in [4.78, 5) is 4.10. The van der Waals surface area contributed by atoms with Crippen molar-refractivity contribution in [3.63, 3.8) is 0 Å². The molecule has 0 saturated heterocycles. The number of nitrogens with zero attached hydrogens (tertiary/aromatic N) is 3. The van der Waals surface area contributed by atoms with Crippen molar-refractivity contribution in [3.8, 4) is 0 Å². The maximum atomic E-state index is 4.10. The summed E-state index contributed by atoms with van der Waals surface area (Å²) in [5, 5.41) is 14.2. The molecule has 0 spiro atoms. The number of halogens is 1. The SMILES string of the molecule is Brc1nnc(Nc2cccc3cnccc23)s1. The molecule has 0 unspecified atom stereocenters. The number of benzene rings is 1. The van der Waals surface area contributed by atoms with E-state index < -0.39 is 0 Å². The van der Waals surface area contributed by atoms with E-state index in [0.717, 1.165) is 25.5 Å². The predicted molar refractivity (Wildman–Crippen MR) is 72.6 cm³/mol. The van der Waals surface area contributed by atoms with Crippen molar-refractivity contribution in [2.75, 3.05) is 5.32 Å². The lowest BCUT2D eigenvalue weighted by molar-refractivity contribution is 1.07. The van der Waals surface area contributed by atoms with Crippen molar-refractivity contribution >= 4 is 48.9 Å². The van der Waals surface area contributed by atoms with Gasteiger partial charge in [-0.05, 0) is 28.1 Å². The number of hydrogen-bond acceptors (Lipinski definition) is 5. The number of aromatic nitrogens is 3. The fraction of sp³-hybridized carbons (Fsp3) is 0. The summed E-state index contributed by atoms with van der Waals surface area (Å²) in [5.74, 6) is 0. The maximum Gasteiger partial charge on any atom is 0.210 e. The molecule has 3 aromatic rings. The highest BCUT2D eigenvalue weighted by Gasteiger charge is 2.04. The Balaban J connectivity index is 2.05. The van der Waals surface area contributed by atoms with Gasteiger partial charge in [-0.15, -0.1) is 10.2 Å². The van der Waals surface area contributed by atoms with Crippen LogP contribution in [-0.2, 0) is 0 Å². The van der Waals surface area contributed by atoms with E-state index in [2.05, 4.69) is 36.4 Å². The molecule has 1 N–H and O–H groups in total. The molecule has 0 fully saturated rings. The fourth-order valence-corrected chi connectivity index (χ4v) is 2.63. The van der Waals surface area contributed by atoms with Gasteiger partial charge in [-0.2, -0.15) is 0 Å². The highest BCUT2D eigenvalue weighted by Crippen LogP contribution is 2.28. The normalized spacial score (nSPS) is 10.6. The van der Waals surface area contributed by atoms with E-state index in [1.54, 1.807) is 6.20 Å². The van der Waals surface area contributed by atoms with Crippen LogP contribution in [0, 0.1) is 0 Å². The molecule has 17 heavy (non-hydrogen) atoms. The van der Waals surface area contributed by atoms with Crippen LogP contribution in [0.25, 0.3) is 10.8 Å². The molecular weight excluding hydrogens is 300 g/mol. The molecule has 0 amide bonds.